The highest BCUT2D eigenvalue weighted by atomic mass is 16.1. The van der Waals surface area contributed by atoms with E-state index in [4.69, 9.17) is 0 Å². The molecule has 0 spiro atoms. The van der Waals surface area contributed by atoms with E-state index in [2.05, 4.69) is 16.7 Å². The normalized spacial score (nSPS) is 16.3. The van der Waals surface area contributed by atoms with Gasteiger partial charge in [0, 0.05) is 24.8 Å². The second-order valence-corrected chi connectivity index (χ2v) is 4.54. The Hall–Kier alpha value is -2.36. The van der Waals surface area contributed by atoms with Crippen LogP contribution in [0.2, 0.25) is 0 Å². The number of aryl methyl sites for hydroxylation is 2. The minimum absolute atomic E-state index is 0.182. The quantitative estimate of drug-likeness (QED) is 0.787. The highest BCUT2D eigenvalue weighted by Crippen LogP contribution is 2.23. The zero-order chi connectivity index (χ0) is 14.0. The lowest BCUT2D eigenvalue weighted by molar-refractivity contribution is -0.117. The van der Waals surface area contributed by atoms with Crippen molar-refractivity contribution in [2.75, 3.05) is 7.05 Å². The number of ketones is 1. The van der Waals surface area contributed by atoms with Crippen LogP contribution in [0.3, 0.4) is 0 Å². The van der Waals surface area contributed by atoms with Gasteiger partial charge >= 0.3 is 0 Å². The van der Waals surface area contributed by atoms with Crippen molar-refractivity contribution in [2.45, 2.75) is 13.8 Å². The number of rotatable bonds is 2. The molecule has 4 heteroatoms. The lowest BCUT2D eigenvalue weighted by Crippen LogP contribution is -2.19. The first-order valence-corrected chi connectivity index (χ1v) is 6.05. The van der Waals surface area contributed by atoms with E-state index in [0.29, 0.717) is 5.70 Å². The van der Waals surface area contributed by atoms with Crippen LogP contribution in [0.15, 0.2) is 36.0 Å². The van der Waals surface area contributed by atoms with Crippen LogP contribution < -0.4 is 10.6 Å². The third kappa shape index (κ3) is 2.73. The smallest absolute Gasteiger partial charge is 0.245 e. The fourth-order valence-electron chi connectivity index (χ4n) is 2.02. The fraction of sp³-hybridized carbons (Fsp3) is 0.200. The number of benzene rings is 1. The number of likely N-dealkylation sites (N-methyl/N-ethyl adjacent to an activating group) is 1. The van der Waals surface area contributed by atoms with Gasteiger partial charge in [-0.2, -0.15) is 0 Å². The summed E-state index contributed by atoms with van der Waals surface area (Å²) in [7, 11) is 1.53. The van der Waals surface area contributed by atoms with E-state index < -0.39 is 0 Å². The van der Waals surface area contributed by atoms with Crippen molar-refractivity contribution < 1.29 is 9.59 Å². The first-order valence-electron chi connectivity index (χ1n) is 6.05. The largest absolute Gasteiger partial charge is 0.356 e. The molecule has 1 heterocycles. The van der Waals surface area contributed by atoms with Gasteiger partial charge in [0.15, 0.2) is 0 Å². The van der Waals surface area contributed by atoms with Gasteiger partial charge < -0.3 is 10.6 Å². The van der Waals surface area contributed by atoms with Crippen LogP contribution in [-0.4, -0.2) is 18.7 Å². The SMILES string of the molecule is CNC(=O)/C=C1\NC(c2ccc(C)cc2C)=CC1=O. The Morgan fingerprint density at radius 2 is 2.05 bits per heavy atom. The van der Waals surface area contributed by atoms with E-state index >= 15 is 0 Å². The van der Waals surface area contributed by atoms with Gasteiger partial charge in [-0.15, -0.1) is 0 Å². The lowest BCUT2D eigenvalue weighted by atomic mass is 10.0. The highest BCUT2D eigenvalue weighted by Gasteiger charge is 2.20. The molecule has 0 aliphatic carbocycles. The molecule has 1 aromatic rings. The number of hydrogen-bond acceptors (Lipinski definition) is 3. The molecule has 0 radical (unpaired) electrons. The Balaban J connectivity index is 2.30. The Bertz CT molecular complexity index is 613. The maximum absolute atomic E-state index is 11.8. The molecule has 0 saturated heterocycles. The average Bonchev–Trinajstić information content (AvgIpc) is 2.70. The first-order chi connectivity index (χ1) is 9.01. The van der Waals surface area contributed by atoms with Crippen molar-refractivity contribution >= 4 is 17.4 Å². The summed E-state index contributed by atoms with van der Waals surface area (Å²) in [6, 6.07) is 6.03. The molecule has 0 saturated carbocycles. The Morgan fingerprint density at radius 1 is 1.32 bits per heavy atom. The fourth-order valence-corrected chi connectivity index (χ4v) is 2.02. The van der Waals surface area contributed by atoms with Gasteiger partial charge in [0.05, 0.1) is 11.4 Å². The van der Waals surface area contributed by atoms with E-state index in [0.717, 1.165) is 16.8 Å². The van der Waals surface area contributed by atoms with Gasteiger partial charge in [0.2, 0.25) is 11.7 Å². The number of allylic oxidation sites excluding steroid dienone is 1. The summed E-state index contributed by atoms with van der Waals surface area (Å²) in [5, 5.41) is 5.45. The topological polar surface area (TPSA) is 58.2 Å². The number of amides is 1. The molecule has 4 nitrogen and oxygen atoms in total. The Morgan fingerprint density at radius 3 is 2.68 bits per heavy atom. The summed E-state index contributed by atoms with van der Waals surface area (Å²) in [4.78, 5) is 23.1. The van der Waals surface area contributed by atoms with E-state index in [1.807, 2.05) is 26.0 Å². The molecule has 98 valence electrons. The molecule has 1 aliphatic heterocycles. The molecule has 0 aromatic heterocycles. The van der Waals surface area contributed by atoms with Crippen LogP contribution in [0.1, 0.15) is 16.7 Å². The summed E-state index contributed by atoms with van der Waals surface area (Å²) in [6.07, 6.45) is 2.79. The summed E-state index contributed by atoms with van der Waals surface area (Å²) in [5.41, 5.74) is 4.27. The zero-order valence-corrected chi connectivity index (χ0v) is 11.2. The molecule has 1 amide bonds. The summed E-state index contributed by atoms with van der Waals surface area (Å²) < 4.78 is 0. The highest BCUT2D eigenvalue weighted by molar-refractivity contribution is 6.15. The predicted octanol–water partition coefficient (Wildman–Crippen LogP) is 1.45. The molecule has 1 aliphatic rings. The first kappa shape index (κ1) is 13.1. The second kappa shape index (κ2) is 5.10. The molecule has 19 heavy (non-hydrogen) atoms. The van der Waals surface area contributed by atoms with Crippen molar-refractivity contribution in [3.63, 3.8) is 0 Å². The van der Waals surface area contributed by atoms with E-state index in [9.17, 15) is 9.59 Å². The zero-order valence-electron chi connectivity index (χ0n) is 11.2. The van der Waals surface area contributed by atoms with Crippen LogP contribution >= 0.6 is 0 Å². The second-order valence-electron chi connectivity index (χ2n) is 4.54. The number of carbonyl (C=O) groups is 2. The molecular formula is C15H16N2O2. The van der Waals surface area contributed by atoms with Crippen LogP contribution in [-0.2, 0) is 9.59 Å². The molecule has 0 atom stereocenters. The number of hydrogen-bond donors (Lipinski definition) is 2. The Kier molecular flexibility index (Phi) is 3.51. The summed E-state index contributed by atoms with van der Waals surface area (Å²) >= 11 is 0. The Labute approximate surface area is 112 Å². The molecule has 2 N–H and O–H groups in total. The number of nitrogens with one attached hydrogen (secondary N) is 2. The monoisotopic (exact) mass is 256 g/mol. The summed E-state index contributed by atoms with van der Waals surface area (Å²) in [5.74, 6) is -0.482. The maximum Gasteiger partial charge on any atom is 0.245 e. The van der Waals surface area contributed by atoms with Crippen molar-refractivity contribution in [3.05, 3.63) is 52.7 Å². The molecular weight excluding hydrogens is 240 g/mol. The third-order valence-electron chi connectivity index (χ3n) is 3.00. The molecule has 2 rings (SSSR count). The van der Waals surface area contributed by atoms with Crippen LogP contribution in [0.5, 0.6) is 0 Å². The van der Waals surface area contributed by atoms with Crippen LogP contribution in [0.4, 0.5) is 0 Å². The minimum atomic E-state index is -0.300. The third-order valence-corrected chi connectivity index (χ3v) is 3.00. The average molecular weight is 256 g/mol. The maximum atomic E-state index is 11.8. The lowest BCUT2D eigenvalue weighted by Gasteiger charge is -2.09. The van der Waals surface area contributed by atoms with Gasteiger partial charge in [-0.1, -0.05) is 23.8 Å². The summed E-state index contributed by atoms with van der Waals surface area (Å²) in [6.45, 7) is 4.02. The minimum Gasteiger partial charge on any atom is -0.356 e. The van der Waals surface area contributed by atoms with E-state index in [1.165, 1.54) is 24.8 Å². The molecule has 0 fully saturated rings. The molecule has 1 aromatic carbocycles. The van der Waals surface area contributed by atoms with Gasteiger partial charge in [-0.05, 0) is 19.4 Å². The predicted molar refractivity (Wildman–Crippen MR) is 74.2 cm³/mol. The van der Waals surface area contributed by atoms with Gasteiger partial charge in [0.25, 0.3) is 0 Å². The van der Waals surface area contributed by atoms with E-state index in [-0.39, 0.29) is 11.7 Å². The van der Waals surface area contributed by atoms with Gasteiger partial charge in [-0.3, -0.25) is 9.59 Å². The standard InChI is InChI=1S/C15H16N2O2/c1-9-4-5-11(10(2)6-9)12-7-14(18)13(17-12)8-15(19)16-3/h4-8,17H,1-3H3,(H,16,19)/b13-8-. The van der Waals surface area contributed by atoms with Crippen molar-refractivity contribution in [1.82, 2.24) is 10.6 Å². The van der Waals surface area contributed by atoms with Gasteiger partial charge in [-0.25, -0.2) is 0 Å². The van der Waals surface area contributed by atoms with Crippen molar-refractivity contribution in [1.29, 1.82) is 0 Å². The van der Waals surface area contributed by atoms with Crippen molar-refractivity contribution in [2.24, 2.45) is 0 Å². The van der Waals surface area contributed by atoms with E-state index in [1.54, 1.807) is 0 Å². The van der Waals surface area contributed by atoms with Crippen LogP contribution in [0, 0.1) is 13.8 Å². The van der Waals surface area contributed by atoms with Gasteiger partial charge in [0.1, 0.15) is 0 Å². The molecule has 0 unspecified atom stereocenters. The van der Waals surface area contributed by atoms with Crippen molar-refractivity contribution in [3.8, 4) is 0 Å². The van der Waals surface area contributed by atoms with Crippen LogP contribution in [0.25, 0.3) is 5.70 Å². The number of carbonyl (C=O) groups excluding carboxylic acids is 2. The molecule has 0 bridgehead atoms.